The van der Waals surface area contributed by atoms with Gasteiger partial charge in [0.05, 0.1) is 6.10 Å². The van der Waals surface area contributed by atoms with E-state index in [1.165, 1.54) is 24.4 Å². The lowest BCUT2D eigenvalue weighted by molar-refractivity contribution is 0.0255. The van der Waals surface area contributed by atoms with Gasteiger partial charge in [-0.2, -0.15) is 0 Å². The summed E-state index contributed by atoms with van der Waals surface area (Å²) in [6, 6.07) is 12.1. The van der Waals surface area contributed by atoms with E-state index in [-0.39, 0.29) is 0 Å². The highest BCUT2D eigenvalue weighted by atomic mass is 28.4. The summed E-state index contributed by atoms with van der Waals surface area (Å²) in [5.74, 6) is 0.860. The number of rotatable bonds is 4. The molecule has 2 heteroatoms. The van der Waals surface area contributed by atoms with Crippen LogP contribution in [0.25, 0.3) is 0 Å². The summed E-state index contributed by atoms with van der Waals surface area (Å²) in [6.45, 7) is 12.1. The van der Waals surface area contributed by atoms with Crippen molar-refractivity contribution in [2.45, 2.75) is 65.7 Å². The molecule has 1 nitrogen and oxygen atoms in total. The predicted molar refractivity (Wildman–Crippen MR) is 92.3 cm³/mol. The van der Waals surface area contributed by atoms with E-state index >= 15 is 0 Å². The molecule has 1 aromatic rings. The Kier molecular flexibility index (Phi) is 3.61. The van der Waals surface area contributed by atoms with Gasteiger partial charge in [-0.3, -0.25) is 0 Å². The maximum absolute atomic E-state index is 6.95. The van der Waals surface area contributed by atoms with E-state index in [4.69, 9.17) is 4.43 Å². The van der Waals surface area contributed by atoms with Crippen LogP contribution in [-0.4, -0.2) is 14.4 Å². The normalized spacial score (nSPS) is 36.6. The zero-order valence-electron chi connectivity index (χ0n) is 14.3. The van der Waals surface area contributed by atoms with E-state index < -0.39 is 8.32 Å². The van der Waals surface area contributed by atoms with Crippen LogP contribution < -0.4 is 5.19 Å². The molecule has 0 saturated heterocycles. The molecule has 2 saturated carbocycles. The zero-order chi connectivity index (χ0) is 15.3. The molecule has 0 spiro atoms. The van der Waals surface area contributed by atoms with Crippen LogP contribution in [0.1, 0.15) is 47.0 Å². The monoisotopic (exact) mass is 302 g/mol. The van der Waals surface area contributed by atoms with E-state index in [0.29, 0.717) is 16.9 Å². The summed E-state index contributed by atoms with van der Waals surface area (Å²) in [6.07, 6.45) is 4.49. The van der Waals surface area contributed by atoms with Crippen molar-refractivity contribution in [3.8, 4) is 0 Å². The first-order chi connectivity index (χ1) is 9.83. The largest absolute Gasteiger partial charge is 0.409 e. The number of hydrogen-bond acceptors (Lipinski definition) is 1. The van der Waals surface area contributed by atoms with Crippen molar-refractivity contribution in [3.05, 3.63) is 30.3 Å². The van der Waals surface area contributed by atoms with Crippen LogP contribution in [0.5, 0.6) is 0 Å². The van der Waals surface area contributed by atoms with Crippen LogP contribution in [0.15, 0.2) is 30.3 Å². The lowest BCUT2D eigenvalue weighted by Gasteiger charge is -2.43. The van der Waals surface area contributed by atoms with Crippen LogP contribution in [0, 0.1) is 16.7 Å². The first kappa shape index (κ1) is 15.3. The number of hydrogen-bond donors (Lipinski definition) is 0. The Morgan fingerprint density at radius 1 is 1.19 bits per heavy atom. The van der Waals surface area contributed by atoms with Gasteiger partial charge in [0.15, 0.2) is 0 Å². The van der Waals surface area contributed by atoms with Crippen molar-refractivity contribution in [1.82, 2.24) is 0 Å². The molecule has 0 aliphatic heterocycles. The Labute approximate surface area is 131 Å². The molecule has 2 fully saturated rings. The summed E-state index contributed by atoms with van der Waals surface area (Å²) in [4.78, 5) is 0. The van der Waals surface area contributed by atoms with Gasteiger partial charge in [-0.25, -0.2) is 0 Å². The molecule has 4 unspecified atom stereocenters. The van der Waals surface area contributed by atoms with E-state index in [1.807, 2.05) is 0 Å². The summed E-state index contributed by atoms with van der Waals surface area (Å²) in [7, 11) is -1.81. The second kappa shape index (κ2) is 4.96. The first-order valence-electron chi connectivity index (χ1n) is 8.57. The van der Waals surface area contributed by atoms with Gasteiger partial charge in [-0.1, -0.05) is 58.0 Å². The molecule has 3 rings (SSSR count). The molecule has 2 aliphatic rings. The molecule has 0 radical (unpaired) electrons. The Hall–Kier alpha value is -0.603. The Bertz CT molecular complexity index is 512. The summed E-state index contributed by atoms with van der Waals surface area (Å²) in [5.41, 5.74) is 0.813. The third kappa shape index (κ3) is 2.14. The molecule has 116 valence electrons. The average molecular weight is 303 g/mol. The average Bonchev–Trinajstić information content (AvgIpc) is 2.81. The molecule has 2 bridgehead atoms. The molecule has 2 aliphatic carbocycles. The van der Waals surface area contributed by atoms with Crippen molar-refractivity contribution in [3.63, 3.8) is 0 Å². The topological polar surface area (TPSA) is 9.23 Å². The van der Waals surface area contributed by atoms with Crippen LogP contribution in [0.3, 0.4) is 0 Å². The number of fused-ring (bicyclic) bond motifs is 2. The van der Waals surface area contributed by atoms with Gasteiger partial charge >= 0.3 is 0 Å². The molecule has 21 heavy (non-hydrogen) atoms. The Morgan fingerprint density at radius 3 is 2.33 bits per heavy atom. The van der Waals surface area contributed by atoms with Crippen LogP contribution in [0.4, 0.5) is 0 Å². The highest BCUT2D eigenvalue weighted by Gasteiger charge is 2.62. The molecule has 0 aromatic heterocycles. The maximum atomic E-state index is 6.95. The molecule has 0 heterocycles. The van der Waals surface area contributed by atoms with E-state index in [1.54, 1.807) is 0 Å². The highest BCUT2D eigenvalue weighted by molar-refractivity contribution is 6.85. The summed E-state index contributed by atoms with van der Waals surface area (Å²) < 4.78 is 6.95. The van der Waals surface area contributed by atoms with Gasteiger partial charge in [0.1, 0.15) is 0 Å². The fourth-order valence-corrected chi connectivity index (χ4v) is 7.36. The van der Waals surface area contributed by atoms with Crippen molar-refractivity contribution < 1.29 is 4.43 Å². The van der Waals surface area contributed by atoms with E-state index in [9.17, 15) is 0 Å². The van der Waals surface area contributed by atoms with E-state index in [2.05, 4.69) is 64.6 Å². The van der Waals surface area contributed by atoms with Gasteiger partial charge in [0.25, 0.3) is 0 Å². The van der Waals surface area contributed by atoms with E-state index in [0.717, 1.165) is 12.0 Å². The standard InChI is InChI=1S/C19H30OSi/c1-6-21(5,16-10-8-7-9-11-16)20-17-14-15-12-13-19(17,4)18(15,2)3/h7-11,15,17H,6,12-14H2,1-5H3. The second-order valence-corrected chi connectivity index (χ2v) is 12.1. The smallest absolute Gasteiger partial charge is 0.221 e. The molecule has 0 N–H and O–H groups in total. The zero-order valence-corrected chi connectivity index (χ0v) is 15.3. The Balaban J connectivity index is 1.87. The molecular weight excluding hydrogens is 272 g/mol. The highest BCUT2D eigenvalue weighted by Crippen LogP contribution is 2.66. The predicted octanol–water partition coefficient (Wildman–Crippen LogP) is 4.72. The summed E-state index contributed by atoms with van der Waals surface area (Å²) in [5, 5.41) is 1.46. The van der Waals surface area contributed by atoms with Gasteiger partial charge in [0.2, 0.25) is 8.32 Å². The van der Waals surface area contributed by atoms with Gasteiger partial charge in [-0.05, 0) is 53.8 Å². The first-order valence-corrected chi connectivity index (χ1v) is 11.2. The molecule has 1 aromatic carbocycles. The second-order valence-electron chi connectivity index (χ2n) is 8.17. The maximum Gasteiger partial charge on any atom is 0.221 e. The lowest BCUT2D eigenvalue weighted by Crippen LogP contribution is -2.52. The van der Waals surface area contributed by atoms with Crippen LogP contribution in [-0.2, 0) is 4.43 Å². The van der Waals surface area contributed by atoms with Crippen LogP contribution in [0.2, 0.25) is 12.6 Å². The molecule has 0 amide bonds. The SMILES string of the molecule is CC[Si](C)(OC1CC2CCC1(C)C2(C)C)c1ccccc1. The third-order valence-electron chi connectivity index (χ3n) is 7.18. The van der Waals surface area contributed by atoms with Crippen molar-refractivity contribution in [2.75, 3.05) is 0 Å². The lowest BCUT2D eigenvalue weighted by atomic mass is 9.70. The quantitative estimate of drug-likeness (QED) is 0.731. The fraction of sp³-hybridized carbons (Fsp3) is 0.684. The minimum atomic E-state index is -1.81. The Morgan fingerprint density at radius 2 is 1.86 bits per heavy atom. The summed E-state index contributed by atoms with van der Waals surface area (Å²) >= 11 is 0. The van der Waals surface area contributed by atoms with Crippen molar-refractivity contribution in [1.29, 1.82) is 0 Å². The van der Waals surface area contributed by atoms with Crippen LogP contribution >= 0.6 is 0 Å². The molecule has 4 atom stereocenters. The van der Waals surface area contributed by atoms with Crippen molar-refractivity contribution in [2.24, 2.45) is 16.7 Å². The molecular formula is C19H30OSi. The van der Waals surface area contributed by atoms with Gasteiger partial charge in [-0.15, -0.1) is 0 Å². The van der Waals surface area contributed by atoms with Gasteiger partial charge < -0.3 is 4.43 Å². The number of benzene rings is 1. The minimum absolute atomic E-state index is 0.371. The minimum Gasteiger partial charge on any atom is -0.409 e. The van der Waals surface area contributed by atoms with Crippen molar-refractivity contribution >= 4 is 13.5 Å². The fourth-order valence-electron chi connectivity index (χ4n) is 4.77. The van der Waals surface area contributed by atoms with Gasteiger partial charge in [0, 0.05) is 0 Å². The third-order valence-corrected chi connectivity index (χ3v) is 10.9.